The highest BCUT2D eigenvalue weighted by Gasteiger charge is 2.19. The van der Waals surface area contributed by atoms with Gasteiger partial charge in [0, 0.05) is 19.3 Å². The van der Waals surface area contributed by atoms with Crippen LogP contribution < -0.4 is 0 Å². The molecule has 0 heterocycles. The van der Waals surface area contributed by atoms with Crippen molar-refractivity contribution in [1.82, 2.24) is 0 Å². The van der Waals surface area contributed by atoms with Crippen LogP contribution in [-0.4, -0.2) is 37.2 Å². The van der Waals surface area contributed by atoms with Crippen LogP contribution in [0.15, 0.2) is 97.2 Å². The van der Waals surface area contributed by atoms with Crippen molar-refractivity contribution in [1.29, 1.82) is 0 Å². The molecule has 0 amide bonds. The number of unbranched alkanes of at least 4 members (excludes halogenated alkanes) is 32. The van der Waals surface area contributed by atoms with Gasteiger partial charge in [-0.1, -0.05) is 298 Å². The van der Waals surface area contributed by atoms with Gasteiger partial charge in [-0.3, -0.25) is 14.4 Å². The summed E-state index contributed by atoms with van der Waals surface area (Å²) in [6, 6.07) is 0. The van der Waals surface area contributed by atoms with E-state index in [1.165, 1.54) is 161 Å². The van der Waals surface area contributed by atoms with Gasteiger partial charge in [-0.05, 0) is 96.3 Å². The maximum absolute atomic E-state index is 12.9. The first kappa shape index (κ1) is 73.3. The monoisotopic (exact) mass is 1070 g/mol. The second-order valence-electron chi connectivity index (χ2n) is 21.6. The molecule has 0 radical (unpaired) electrons. The zero-order valence-corrected chi connectivity index (χ0v) is 50.7. The largest absolute Gasteiger partial charge is 0.462 e. The average molecular weight is 1070 g/mol. The van der Waals surface area contributed by atoms with E-state index in [-0.39, 0.29) is 31.1 Å². The molecule has 0 rings (SSSR count). The Kier molecular flexibility index (Phi) is 61.8. The van der Waals surface area contributed by atoms with E-state index in [1.54, 1.807) is 0 Å². The van der Waals surface area contributed by atoms with Gasteiger partial charge in [0.2, 0.25) is 0 Å². The average Bonchev–Trinajstić information content (AvgIpc) is 3.43. The lowest BCUT2D eigenvalue weighted by Crippen LogP contribution is -2.30. The van der Waals surface area contributed by atoms with Gasteiger partial charge in [0.25, 0.3) is 0 Å². The van der Waals surface area contributed by atoms with Crippen molar-refractivity contribution in [3.05, 3.63) is 97.2 Å². The summed E-state index contributed by atoms with van der Waals surface area (Å²) in [4.78, 5) is 38.3. The second kappa shape index (κ2) is 64.9. The predicted octanol–water partition coefficient (Wildman–Crippen LogP) is 22.4. The molecule has 0 aliphatic heterocycles. The Morgan fingerprint density at radius 1 is 0.273 bits per heavy atom. The SMILES string of the molecule is CC/C=C\C/C=C\C/C=C\C/C=C\CCCCCCCCCCC(=O)OC(COC(=O)CCCC/C=C\C/C=C\C/C=C\C/C=C\CC)COC(=O)CCCCCCCCCCCCCCCCCCCCCCCCC. The van der Waals surface area contributed by atoms with Gasteiger partial charge in [-0.2, -0.15) is 0 Å². The topological polar surface area (TPSA) is 78.9 Å². The van der Waals surface area contributed by atoms with E-state index in [1.807, 2.05) is 0 Å². The normalized spacial score (nSPS) is 12.7. The number of allylic oxidation sites excluding steroid dienone is 16. The van der Waals surface area contributed by atoms with Crippen LogP contribution in [0.1, 0.15) is 316 Å². The molecule has 0 aromatic rings. The van der Waals surface area contributed by atoms with Gasteiger partial charge in [-0.15, -0.1) is 0 Å². The molecule has 0 aromatic heterocycles. The second-order valence-corrected chi connectivity index (χ2v) is 21.6. The first-order valence-electron chi connectivity index (χ1n) is 32.7. The zero-order valence-electron chi connectivity index (χ0n) is 50.7. The Bertz CT molecular complexity index is 1510. The minimum absolute atomic E-state index is 0.0919. The molecule has 77 heavy (non-hydrogen) atoms. The van der Waals surface area contributed by atoms with Crippen LogP contribution in [0.5, 0.6) is 0 Å². The standard InChI is InChI=1S/C71H122O6/c1-4-7-10-13-16-19-22-25-28-30-32-34-35-37-38-40-43-46-49-52-55-58-61-64-70(73)76-67-68(66-75-69(72)63-60-57-54-51-48-45-42-27-24-21-18-15-12-9-6-3)77-71(74)65-62-59-56-53-50-47-44-41-39-36-33-31-29-26-23-20-17-14-11-8-5-2/h8-9,11-12,17-18,20-21,26-27,29,33,36,42,48,51,68H,4-7,10,13-16,19,22-25,28,30-32,34-35,37-41,43-47,49-50,52-67H2,1-3H3/b11-8-,12-9-,20-17-,21-18-,29-26-,36-33-,42-27-,51-48-. The number of ether oxygens (including phenoxy) is 3. The Morgan fingerprint density at radius 3 is 0.818 bits per heavy atom. The van der Waals surface area contributed by atoms with Crippen LogP contribution in [0.25, 0.3) is 0 Å². The molecule has 442 valence electrons. The molecule has 0 fully saturated rings. The summed E-state index contributed by atoms with van der Waals surface area (Å²) < 4.78 is 16.9. The van der Waals surface area contributed by atoms with Crippen molar-refractivity contribution in [2.75, 3.05) is 13.2 Å². The Labute approximate surface area is 477 Å². The minimum atomic E-state index is -0.800. The van der Waals surface area contributed by atoms with Crippen LogP contribution in [0, 0.1) is 0 Å². The third kappa shape index (κ3) is 63.0. The third-order valence-electron chi connectivity index (χ3n) is 14.1. The molecule has 6 nitrogen and oxygen atoms in total. The lowest BCUT2D eigenvalue weighted by molar-refractivity contribution is -0.167. The summed E-state index contributed by atoms with van der Waals surface area (Å²) in [5, 5.41) is 0. The van der Waals surface area contributed by atoms with Gasteiger partial charge >= 0.3 is 17.9 Å². The minimum Gasteiger partial charge on any atom is -0.462 e. The zero-order chi connectivity index (χ0) is 55.7. The van der Waals surface area contributed by atoms with Crippen LogP contribution >= 0.6 is 0 Å². The van der Waals surface area contributed by atoms with E-state index in [2.05, 4.69) is 118 Å². The van der Waals surface area contributed by atoms with E-state index < -0.39 is 6.10 Å². The van der Waals surface area contributed by atoms with Crippen molar-refractivity contribution >= 4 is 17.9 Å². The van der Waals surface area contributed by atoms with Crippen LogP contribution in [0.3, 0.4) is 0 Å². The van der Waals surface area contributed by atoms with Crippen LogP contribution in [0.4, 0.5) is 0 Å². The smallest absolute Gasteiger partial charge is 0.306 e. The highest BCUT2D eigenvalue weighted by Crippen LogP contribution is 2.17. The molecular formula is C71H122O6. The first-order chi connectivity index (χ1) is 38.0. The molecule has 0 aliphatic rings. The molecule has 0 N–H and O–H groups in total. The summed E-state index contributed by atoms with van der Waals surface area (Å²) in [7, 11) is 0. The van der Waals surface area contributed by atoms with Gasteiger partial charge in [0.05, 0.1) is 0 Å². The summed E-state index contributed by atoms with van der Waals surface area (Å²) in [6.07, 6.45) is 87.1. The molecule has 0 spiro atoms. The predicted molar refractivity (Wildman–Crippen MR) is 334 cm³/mol. The number of carbonyl (C=O) groups is 3. The van der Waals surface area contributed by atoms with E-state index in [9.17, 15) is 14.4 Å². The number of hydrogen-bond acceptors (Lipinski definition) is 6. The fourth-order valence-corrected chi connectivity index (χ4v) is 9.25. The first-order valence-corrected chi connectivity index (χ1v) is 32.7. The Hall–Kier alpha value is -3.67. The maximum atomic E-state index is 12.9. The fraction of sp³-hybridized carbons (Fsp3) is 0.732. The lowest BCUT2D eigenvalue weighted by Gasteiger charge is -2.18. The van der Waals surface area contributed by atoms with E-state index in [4.69, 9.17) is 14.2 Å². The fourth-order valence-electron chi connectivity index (χ4n) is 9.25. The highest BCUT2D eigenvalue weighted by molar-refractivity contribution is 5.71. The van der Waals surface area contributed by atoms with Crippen LogP contribution in [0.2, 0.25) is 0 Å². The summed E-state index contributed by atoms with van der Waals surface area (Å²) in [5.41, 5.74) is 0. The quantitative estimate of drug-likeness (QED) is 0.0261. The van der Waals surface area contributed by atoms with Crippen molar-refractivity contribution in [3.63, 3.8) is 0 Å². The molecule has 1 unspecified atom stereocenters. The van der Waals surface area contributed by atoms with Gasteiger partial charge in [0.1, 0.15) is 13.2 Å². The summed E-state index contributed by atoms with van der Waals surface area (Å²) in [6.45, 7) is 6.41. The summed E-state index contributed by atoms with van der Waals surface area (Å²) in [5.74, 6) is -0.931. The molecule has 0 aromatic carbocycles. The van der Waals surface area contributed by atoms with Crippen LogP contribution in [-0.2, 0) is 28.6 Å². The number of esters is 3. The Morgan fingerprint density at radius 2 is 0.506 bits per heavy atom. The number of hydrogen-bond donors (Lipinski definition) is 0. The number of rotatable bonds is 59. The van der Waals surface area contributed by atoms with E-state index in [0.717, 1.165) is 116 Å². The lowest BCUT2D eigenvalue weighted by atomic mass is 10.0. The van der Waals surface area contributed by atoms with Crippen molar-refractivity contribution in [2.45, 2.75) is 322 Å². The molecule has 6 heteroatoms. The maximum Gasteiger partial charge on any atom is 0.306 e. The molecular weight excluding hydrogens is 949 g/mol. The third-order valence-corrected chi connectivity index (χ3v) is 14.1. The van der Waals surface area contributed by atoms with Crippen molar-refractivity contribution < 1.29 is 28.6 Å². The van der Waals surface area contributed by atoms with Gasteiger partial charge < -0.3 is 14.2 Å². The van der Waals surface area contributed by atoms with E-state index in [0.29, 0.717) is 19.3 Å². The highest BCUT2D eigenvalue weighted by atomic mass is 16.6. The molecule has 0 bridgehead atoms. The van der Waals surface area contributed by atoms with Gasteiger partial charge in [0.15, 0.2) is 6.10 Å². The van der Waals surface area contributed by atoms with E-state index >= 15 is 0 Å². The summed E-state index contributed by atoms with van der Waals surface area (Å²) >= 11 is 0. The molecule has 0 saturated heterocycles. The molecule has 1 atom stereocenters. The van der Waals surface area contributed by atoms with Gasteiger partial charge in [-0.25, -0.2) is 0 Å². The molecule has 0 aliphatic carbocycles. The number of carbonyl (C=O) groups excluding carboxylic acids is 3. The molecule has 0 saturated carbocycles. The Balaban J connectivity index is 4.37. The van der Waals surface area contributed by atoms with Crippen molar-refractivity contribution in [2.24, 2.45) is 0 Å². The van der Waals surface area contributed by atoms with Crippen molar-refractivity contribution in [3.8, 4) is 0 Å².